The smallest absolute Gasteiger partial charge is 0.0175 e. The van der Waals surface area contributed by atoms with E-state index in [4.69, 9.17) is 0 Å². The fourth-order valence-electron chi connectivity index (χ4n) is 5.05. The van der Waals surface area contributed by atoms with Crippen molar-refractivity contribution >= 4 is 0 Å². The summed E-state index contributed by atoms with van der Waals surface area (Å²) in [6.07, 6.45) is 15.4. The van der Waals surface area contributed by atoms with Crippen LogP contribution in [0.1, 0.15) is 65.7 Å². The first-order valence-electron chi connectivity index (χ1n) is 9.47. The summed E-state index contributed by atoms with van der Waals surface area (Å²) in [5.74, 6) is 2.60. The molecule has 5 aliphatic carbocycles. The van der Waals surface area contributed by atoms with E-state index in [1.165, 1.54) is 44.9 Å². The molecule has 0 bridgehead atoms. The molecular weight excluding hydrogens is 264 g/mol. The van der Waals surface area contributed by atoms with Gasteiger partial charge in [-0.25, -0.2) is 0 Å². The molecule has 0 aliphatic heterocycles. The Hall–Kier alpha value is -1.04. The molecule has 0 heteroatoms. The second-order valence-electron chi connectivity index (χ2n) is 8.77. The van der Waals surface area contributed by atoms with Gasteiger partial charge in [0.1, 0.15) is 0 Å². The Morgan fingerprint density at radius 3 is 2.68 bits per heavy atom. The van der Waals surface area contributed by atoms with Crippen molar-refractivity contribution in [2.24, 2.45) is 23.2 Å². The molecule has 0 amide bonds. The van der Waals surface area contributed by atoms with Gasteiger partial charge in [0.05, 0.1) is 0 Å². The first kappa shape index (κ1) is 13.4. The van der Waals surface area contributed by atoms with E-state index in [-0.39, 0.29) is 0 Å². The Balaban J connectivity index is 1.53. The van der Waals surface area contributed by atoms with Crippen LogP contribution in [0, 0.1) is 23.2 Å². The van der Waals surface area contributed by atoms with Gasteiger partial charge in [0, 0.05) is 11.3 Å². The van der Waals surface area contributed by atoms with Gasteiger partial charge in [-0.1, -0.05) is 55.6 Å². The van der Waals surface area contributed by atoms with Gasteiger partial charge < -0.3 is 0 Å². The molecule has 0 nitrogen and oxygen atoms in total. The Bertz CT molecular complexity index is 669. The monoisotopic (exact) mass is 292 g/mol. The van der Waals surface area contributed by atoms with Gasteiger partial charge in [0.25, 0.3) is 0 Å². The van der Waals surface area contributed by atoms with Gasteiger partial charge in [-0.3, -0.25) is 0 Å². The molecule has 0 aromatic carbocycles. The number of allylic oxidation sites excluding steroid dienone is 8. The zero-order valence-corrected chi connectivity index (χ0v) is 14.3. The third-order valence-electron chi connectivity index (χ3n) is 7.15. The zero-order chi connectivity index (χ0) is 15.1. The lowest BCUT2D eigenvalue weighted by Crippen LogP contribution is -2.40. The molecule has 3 fully saturated rings. The minimum Gasteiger partial charge on any atom is -0.0695 e. The summed E-state index contributed by atoms with van der Waals surface area (Å²) in [5, 5.41) is 0. The van der Waals surface area contributed by atoms with Crippen LogP contribution in [0.25, 0.3) is 0 Å². The van der Waals surface area contributed by atoms with Crippen LogP contribution < -0.4 is 0 Å². The van der Waals surface area contributed by atoms with Crippen molar-refractivity contribution in [3.8, 4) is 0 Å². The summed E-state index contributed by atoms with van der Waals surface area (Å²) < 4.78 is 0. The average Bonchev–Trinajstić information content (AvgIpc) is 3.33. The van der Waals surface area contributed by atoms with Crippen molar-refractivity contribution in [3.05, 3.63) is 45.6 Å². The van der Waals surface area contributed by atoms with Crippen molar-refractivity contribution in [2.75, 3.05) is 0 Å². The second kappa shape index (κ2) is 4.28. The summed E-state index contributed by atoms with van der Waals surface area (Å²) in [6.45, 7) is 7.00. The van der Waals surface area contributed by atoms with Gasteiger partial charge >= 0.3 is 0 Å². The molecule has 0 aromatic rings. The molecule has 2 unspecified atom stereocenters. The highest BCUT2D eigenvalue weighted by molar-refractivity contribution is 5.73. The van der Waals surface area contributed by atoms with Crippen molar-refractivity contribution < 1.29 is 0 Å². The molecule has 0 spiro atoms. The first-order chi connectivity index (χ1) is 10.6. The highest BCUT2D eigenvalue weighted by Gasteiger charge is 2.58. The van der Waals surface area contributed by atoms with Crippen molar-refractivity contribution in [1.82, 2.24) is 0 Å². The highest BCUT2D eigenvalue weighted by Crippen LogP contribution is 2.70. The lowest BCUT2D eigenvalue weighted by molar-refractivity contribution is 0.207. The van der Waals surface area contributed by atoms with Gasteiger partial charge in [-0.2, -0.15) is 0 Å². The van der Waals surface area contributed by atoms with Crippen molar-refractivity contribution in [3.63, 3.8) is 0 Å². The summed E-state index contributed by atoms with van der Waals surface area (Å²) in [5.41, 5.74) is 10.7. The minimum absolute atomic E-state index is 0.481. The van der Waals surface area contributed by atoms with E-state index in [9.17, 15) is 0 Å². The van der Waals surface area contributed by atoms with E-state index in [1.54, 1.807) is 22.3 Å². The van der Waals surface area contributed by atoms with Crippen molar-refractivity contribution in [2.45, 2.75) is 65.7 Å². The Labute approximate surface area is 135 Å². The number of rotatable bonds is 4. The lowest BCUT2D eigenvalue weighted by Gasteiger charge is -2.49. The molecule has 5 rings (SSSR count). The molecule has 0 radical (unpaired) electrons. The SMILES string of the molecule is CC(=C1C=C2C1=CC1(CCC3CC3)C(=C3CC3)CC21)C(C)C. The normalized spacial score (nSPS) is 37.2. The summed E-state index contributed by atoms with van der Waals surface area (Å²) in [4.78, 5) is 0. The predicted octanol–water partition coefficient (Wildman–Crippen LogP) is 6.13. The molecule has 0 aromatic heterocycles. The summed E-state index contributed by atoms with van der Waals surface area (Å²) in [6, 6.07) is 0. The number of hydrogen-bond acceptors (Lipinski definition) is 0. The molecule has 2 atom stereocenters. The molecule has 0 N–H and O–H groups in total. The van der Waals surface area contributed by atoms with E-state index in [1.807, 2.05) is 11.1 Å². The van der Waals surface area contributed by atoms with Crippen LogP contribution in [-0.2, 0) is 0 Å². The maximum atomic E-state index is 2.74. The molecule has 22 heavy (non-hydrogen) atoms. The number of hydrogen-bond donors (Lipinski definition) is 0. The summed E-state index contributed by atoms with van der Waals surface area (Å²) in [7, 11) is 0. The minimum atomic E-state index is 0.481. The molecule has 0 saturated heterocycles. The van der Waals surface area contributed by atoms with E-state index < -0.39 is 0 Å². The van der Waals surface area contributed by atoms with Gasteiger partial charge in [-0.15, -0.1) is 0 Å². The average molecular weight is 292 g/mol. The molecule has 0 heterocycles. The maximum Gasteiger partial charge on any atom is 0.0175 e. The van der Waals surface area contributed by atoms with Crippen LogP contribution >= 0.6 is 0 Å². The Morgan fingerprint density at radius 2 is 2.05 bits per heavy atom. The Kier molecular flexibility index (Phi) is 2.61. The molecule has 5 aliphatic rings. The second-order valence-corrected chi connectivity index (χ2v) is 8.77. The molecular formula is C22H28. The molecule has 3 saturated carbocycles. The van der Waals surface area contributed by atoms with Crippen LogP contribution in [0.4, 0.5) is 0 Å². The topological polar surface area (TPSA) is 0 Å². The van der Waals surface area contributed by atoms with E-state index in [2.05, 4.69) is 32.9 Å². The third kappa shape index (κ3) is 1.70. The Morgan fingerprint density at radius 1 is 1.27 bits per heavy atom. The van der Waals surface area contributed by atoms with Gasteiger partial charge in [0.15, 0.2) is 0 Å². The fourth-order valence-corrected chi connectivity index (χ4v) is 5.05. The third-order valence-corrected chi connectivity index (χ3v) is 7.15. The van der Waals surface area contributed by atoms with E-state index in [0.717, 1.165) is 11.8 Å². The van der Waals surface area contributed by atoms with Crippen molar-refractivity contribution in [1.29, 1.82) is 0 Å². The largest absolute Gasteiger partial charge is 0.0695 e. The zero-order valence-electron chi connectivity index (χ0n) is 14.3. The lowest BCUT2D eigenvalue weighted by atomic mass is 9.54. The van der Waals surface area contributed by atoms with Crippen LogP contribution in [0.2, 0.25) is 0 Å². The van der Waals surface area contributed by atoms with Gasteiger partial charge in [0.2, 0.25) is 0 Å². The van der Waals surface area contributed by atoms with Gasteiger partial charge in [-0.05, 0) is 67.6 Å². The fraction of sp³-hybridized carbons (Fsp3) is 0.636. The molecule has 116 valence electrons. The van der Waals surface area contributed by atoms with E-state index in [0.29, 0.717) is 11.3 Å². The predicted molar refractivity (Wildman–Crippen MR) is 92.5 cm³/mol. The maximum absolute atomic E-state index is 2.74. The first-order valence-corrected chi connectivity index (χ1v) is 9.47. The quantitative estimate of drug-likeness (QED) is 0.547. The standard InChI is InChI=1S/C22H28/c1-13(2)14(3)17-10-18-19(17)12-22(9-8-15-4-5-15)20(11-21(18)22)16-6-7-16/h10,12-13,15,21H,4-9,11H2,1-3H3. The van der Waals surface area contributed by atoms with Crippen LogP contribution in [0.5, 0.6) is 0 Å². The number of fused-ring (bicyclic) bond motifs is 3. The van der Waals surface area contributed by atoms with E-state index >= 15 is 0 Å². The van der Waals surface area contributed by atoms with Crippen LogP contribution in [0.3, 0.4) is 0 Å². The van der Waals surface area contributed by atoms with Crippen LogP contribution in [0.15, 0.2) is 45.6 Å². The highest BCUT2D eigenvalue weighted by atomic mass is 14.6. The summed E-state index contributed by atoms with van der Waals surface area (Å²) >= 11 is 0. The van der Waals surface area contributed by atoms with Crippen LogP contribution in [-0.4, -0.2) is 0 Å².